The topological polar surface area (TPSA) is 0 Å². The van der Waals surface area contributed by atoms with Crippen molar-refractivity contribution in [2.45, 2.75) is 20.3 Å². The second kappa shape index (κ2) is 10.5. The van der Waals surface area contributed by atoms with Gasteiger partial charge in [0.25, 0.3) is 0 Å². The summed E-state index contributed by atoms with van der Waals surface area (Å²) >= 11 is 0. The Bertz CT molecular complexity index is 493. The zero-order valence-corrected chi connectivity index (χ0v) is 15.1. The molecule has 0 atom stereocenters. The van der Waals surface area contributed by atoms with Crippen LogP contribution >= 0.6 is 0 Å². The summed E-state index contributed by atoms with van der Waals surface area (Å²) in [4.78, 5) is 0. The van der Waals surface area contributed by atoms with Gasteiger partial charge in [0, 0.05) is 0 Å². The summed E-state index contributed by atoms with van der Waals surface area (Å²) in [5.74, 6) is 0. The predicted octanol–water partition coefficient (Wildman–Crippen LogP) is -1.51. The summed E-state index contributed by atoms with van der Waals surface area (Å²) in [6.07, 6.45) is 10.0. The molecule has 3 heteroatoms. The van der Waals surface area contributed by atoms with Gasteiger partial charge >= 0.3 is 26.2 Å². The molecule has 0 saturated heterocycles. The van der Waals surface area contributed by atoms with E-state index in [-0.39, 0.29) is 51.0 Å². The first kappa shape index (κ1) is 21.1. The fourth-order valence-electron chi connectivity index (χ4n) is 1.99. The molecule has 0 N–H and O–H groups in total. The summed E-state index contributed by atoms with van der Waals surface area (Å²) < 4.78 is 0. The van der Waals surface area contributed by atoms with E-state index in [1.807, 2.05) is 12.2 Å². The van der Waals surface area contributed by atoms with Gasteiger partial charge in [0.05, 0.1) is 0 Å². The van der Waals surface area contributed by atoms with Crippen LogP contribution in [0.5, 0.6) is 0 Å². The van der Waals surface area contributed by atoms with Crippen LogP contribution < -0.4 is 24.8 Å². The van der Waals surface area contributed by atoms with Gasteiger partial charge in [-0.3, -0.25) is 6.08 Å². The van der Waals surface area contributed by atoms with Gasteiger partial charge in [-0.15, -0.1) is 47.0 Å². The fourth-order valence-corrected chi connectivity index (χ4v) is 1.99. The van der Waals surface area contributed by atoms with Crippen molar-refractivity contribution in [1.29, 1.82) is 0 Å². The summed E-state index contributed by atoms with van der Waals surface area (Å²) in [5, 5.41) is 2.79. The second-order valence-electron chi connectivity index (χ2n) is 4.06. The average molecular weight is 370 g/mol. The summed E-state index contributed by atoms with van der Waals surface area (Å²) in [7, 11) is 0. The van der Waals surface area contributed by atoms with Crippen molar-refractivity contribution in [2.75, 3.05) is 0 Å². The Kier molecular flexibility index (Phi) is 11.7. The number of hydrogen-bond acceptors (Lipinski definition) is 0. The zero-order chi connectivity index (χ0) is 11.4. The molecule has 19 heavy (non-hydrogen) atoms. The van der Waals surface area contributed by atoms with Crippen molar-refractivity contribution >= 4 is 10.8 Å². The Balaban J connectivity index is 0. The average Bonchev–Trinajstić information content (AvgIpc) is 2.94. The molecular weight excluding hydrogens is 354 g/mol. The molecule has 1 aliphatic rings. The van der Waals surface area contributed by atoms with E-state index in [9.17, 15) is 0 Å². The Hall–Kier alpha value is -0.227. The Morgan fingerprint density at radius 3 is 2.32 bits per heavy atom. The fraction of sp³-hybridized carbons (Fsp3) is 0.188. The van der Waals surface area contributed by atoms with E-state index in [4.69, 9.17) is 0 Å². The Morgan fingerprint density at radius 2 is 1.84 bits per heavy atom. The molecule has 0 radical (unpaired) electrons. The summed E-state index contributed by atoms with van der Waals surface area (Å²) in [5.41, 5.74) is 2.77. The monoisotopic (exact) mass is 368 g/mol. The third-order valence-corrected chi connectivity index (χ3v) is 2.80. The molecule has 0 aliphatic heterocycles. The molecule has 2 aromatic rings. The number of halogens is 2. The smallest absolute Gasteiger partial charge is 1.00 e. The van der Waals surface area contributed by atoms with Crippen LogP contribution in [0.3, 0.4) is 0 Å². The Morgan fingerprint density at radius 1 is 1.16 bits per heavy atom. The van der Waals surface area contributed by atoms with Crippen molar-refractivity contribution in [3.05, 3.63) is 65.8 Å². The van der Waals surface area contributed by atoms with Crippen LogP contribution in [0.2, 0.25) is 0 Å². The molecule has 0 heterocycles. The SMILES string of the molecule is Cc1c[c-](C)c2ccccc12.[C-]1=CC=CC1.[Cl-].[Cl-].[Zr+4]. The first-order chi connectivity index (χ1) is 7.79. The van der Waals surface area contributed by atoms with E-state index in [2.05, 4.69) is 56.3 Å². The van der Waals surface area contributed by atoms with E-state index in [1.165, 1.54) is 21.9 Å². The van der Waals surface area contributed by atoms with Crippen molar-refractivity contribution in [3.63, 3.8) is 0 Å². The van der Waals surface area contributed by atoms with Gasteiger partial charge in [0.2, 0.25) is 0 Å². The quantitative estimate of drug-likeness (QED) is 0.495. The third kappa shape index (κ3) is 5.73. The number of benzene rings is 1. The van der Waals surface area contributed by atoms with Crippen molar-refractivity contribution in [2.24, 2.45) is 0 Å². The normalized spacial score (nSPS) is 10.8. The van der Waals surface area contributed by atoms with Gasteiger partial charge < -0.3 is 24.8 Å². The van der Waals surface area contributed by atoms with Crippen LogP contribution in [0, 0.1) is 19.9 Å². The van der Waals surface area contributed by atoms with Crippen LogP contribution in [-0.4, -0.2) is 0 Å². The molecule has 0 bridgehead atoms. The first-order valence-electron chi connectivity index (χ1n) is 5.62. The third-order valence-electron chi connectivity index (χ3n) is 2.80. The standard InChI is InChI=1S/C11H11.C5H5.2ClH.Zr/c1-8-7-9(2)11-6-4-3-5-10(8)11;1-2-4-5-3-1;;;/h3-7H,1-2H3;1-3H,4H2;2*1H;/q2*-1;;;+4/p-2. The van der Waals surface area contributed by atoms with E-state index in [0.29, 0.717) is 0 Å². The van der Waals surface area contributed by atoms with Gasteiger partial charge in [-0.1, -0.05) is 19.9 Å². The van der Waals surface area contributed by atoms with Gasteiger partial charge in [-0.2, -0.15) is 11.6 Å². The first-order valence-corrected chi connectivity index (χ1v) is 5.62. The minimum atomic E-state index is 0. The molecule has 2 aromatic carbocycles. The van der Waals surface area contributed by atoms with Crippen LogP contribution in [0.4, 0.5) is 0 Å². The van der Waals surface area contributed by atoms with Crippen LogP contribution in [-0.2, 0) is 26.2 Å². The summed E-state index contributed by atoms with van der Waals surface area (Å²) in [6.45, 7) is 4.32. The van der Waals surface area contributed by atoms with Gasteiger partial charge in [0.1, 0.15) is 0 Å². The molecule has 0 amide bonds. The van der Waals surface area contributed by atoms with E-state index >= 15 is 0 Å². The summed E-state index contributed by atoms with van der Waals surface area (Å²) in [6, 6.07) is 10.8. The minimum Gasteiger partial charge on any atom is -1.00 e. The molecule has 1 aliphatic carbocycles. The van der Waals surface area contributed by atoms with E-state index in [0.717, 1.165) is 6.42 Å². The molecule has 0 nitrogen and oxygen atoms in total. The molecule has 0 spiro atoms. The van der Waals surface area contributed by atoms with Gasteiger partial charge in [0.15, 0.2) is 0 Å². The number of aryl methyl sites for hydroxylation is 2. The van der Waals surface area contributed by atoms with Crippen molar-refractivity contribution in [3.8, 4) is 0 Å². The van der Waals surface area contributed by atoms with Crippen LogP contribution in [0.15, 0.2) is 48.6 Å². The largest absolute Gasteiger partial charge is 4.00 e. The number of fused-ring (bicyclic) bond motifs is 1. The zero-order valence-electron chi connectivity index (χ0n) is 11.1. The van der Waals surface area contributed by atoms with Gasteiger partial charge in [-0.05, 0) is 0 Å². The molecular formula is C16H16Cl2Zr. The molecule has 0 unspecified atom stereocenters. The molecule has 0 saturated carbocycles. The van der Waals surface area contributed by atoms with Crippen LogP contribution in [0.25, 0.3) is 10.8 Å². The van der Waals surface area contributed by atoms with Gasteiger partial charge in [-0.25, -0.2) is 12.2 Å². The van der Waals surface area contributed by atoms with Crippen molar-refractivity contribution in [1.82, 2.24) is 0 Å². The minimum absolute atomic E-state index is 0. The van der Waals surface area contributed by atoms with Crippen LogP contribution in [0.1, 0.15) is 17.5 Å². The van der Waals surface area contributed by atoms with E-state index in [1.54, 1.807) is 0 Å². The molecule has 0 aromatic heterocycles. The predicted molar refractivity (Wildman–Crippen MR) is 70.6 cm³/mol. The van der Waals surface area contributed by atoms with E-state index < -0.39 is 0 Å². The second-order valence-corrected chi connectivity index (χ2v) is 4.06. The maximum atomic E-state index is 2.99. The maximum absolute atomic E-state index is 2.99. The molecule has 3 rings (SSSR count). The number of rotatable bonds is 0. The molecule has 98 valence electrons. The number of allylic oxidation sites excluding steroid dienone is 4. The maximum Gasteiger partial charge on any atom is 4.00 e. The Labute approximate surface area is 147 Å². The van der Waals surface area contributed by atoms with Crippen molar-refractivity contribution < 1.29 is 51.0 Å². The number of hydrogen-bond donors (Lipinski definition) is 0. The molecule has 0 fully saturated rings.